The van der Waals surface area contributed by atoms with Gasteiger partial charge in [-0.25, -0.2) is 26.7 Å². The fraction of sp³-hybridized carbons (Fsp3) is 0.559. The minimum Gasteiger partial charge on any atom is -0.493 e. The highest BCUT2D eigenvalue weighted by Crippen LogP contribution is 2.50. The van der Waals surface area contributed by atoms with Gasteiger partial charge in [0.15, 0.2) is 0 Å². The molecule has 6 nitrogen and oxygen atoms in total. The first-order valence-electron chi connectivity index (χ1n) is 15.3. The number of hydrogen-bond acceptors (Lipinski definition) is 6. The first kappa shape index (κ1) is 34.8. The molecule has 0 N–H and O–H groups in total. The zero-order valence-corrected chi connectivity index (χ0v) is 26.3. The second-order valence-electron chi connectivity index (χ2n) is 12.2. The van der Waals surface area contributed by atoms with E-state index < -0.39 is 54.7 Å². The molecule has 0 aromatic heterocycles. The number of alkyl halides is 3. The lowest BCUT2D eigenvalue weighted by molar-refractivity contribution is -0.148. The summed E-state index contributed by atoms with van der Waals surface area (Å²) in [5.74, 6) is -5.61. The van der Waals surface area contributed by atoms with Crippen LogP contribution < -0.4 is 4.74 Å². The normalized spacial score (nSPS) is 18.6. The molecule has 248 valence electrons. The van der Waals surface area contributed by atoms with Gasteiger partial charge in [0.05, 0.1) is 39.1 Å². The summed E-state index contributed by atoms with van der Waals surface area (Å²) in [5.41, 5.74) is 2.18. The quantitative estimate of drug-likeness (QED) is 0.110. The fourth-order valence-electron chi connectivity index (χ4n) is 5.99. The van der Waals surface area contributed by atoms with Crippen LogP contribution in [0.3, 0.4) is 0 Å². The Morgan fingerprint density at radius 1 is 0.978 bits per heavy atom. The highest BCUT2D eigenvalue weighted by Gasteiger charge is 2.43. The first-order chi connectivity index (χ1) is 21.3. The molecule has 1 heterocycles. The van der Waals surface area contributed by atoms with Crippen molar-refractivity contribution in [2.45, 2.75) is 77.1 Å². The van der Waals surface area contributed by atoms with Crippen molar-refractivity contribution >= 4 is 11.5 Å². The van der Waals surface area contributed by atoms with Crippen molar-refractivity contribution in [3.8, 4) is 5.75 Å². The topological polar surface area (TPSA) is 57.2 Å². The maximum absolute atomic E-state index is 15.8. The van der Waals surface area contributed by atoms with Crippen LogP contribution in [0.4, 0.5) is 22.0 Å². The number of esters is 1. The van der Waals surface area contributed by atoms with Gasteiger partial charge in [0.2, 0.25) is 0 Å². The lowest BCUT2D eigenvalue weighted by Gasteiger charge is -2.44. The predicted molar refractivity (Wildman–Crippen MR) is 160 cm³/mol. The lowest BCUT2D eigenvalue weighted by atomic mass is 9.84. The number of hydrogen-bond donors (Lipinski definition) is 0. The molecule has 0 fully saturated rings. The summed E-state index contributed by atoms with van der Waals surface area (Å²) < 4.78 is 95.6. The number of halogens is 5. The molecule has 2 aromatic rings. The smallest absolute Gasteiger partial charge is 0.332 e. The zero-order valence-electron chi connectivity index (χ0n) is 26.3. The Morgan fingerprint density at radius 3 is 2.33 bits per heavy atom. The van der Waals surface area contributed by atoms with Gasteiger partial charge in [0.25, 0.3) is 5.92 Å². The van der Waals surface area contributed by atoms with Gasteiger partial charge < -0.3 is 18.9 Å². The summed E-state index contributed by atoms with van der Waals surface area (Å²) in [6.45, 7) is 5.82. The molecular formula is C34H42F5NO5. The molecule has 11 heteroatoms. The van der Waals surface area contributed by atoms with Crippen LogP contribution in [0.25, 0.3) is 5.57 Å². The van der Waals surface area contributed by atoms with E-state index in [4.69, 9.17) is 18.9 Å². The SMILES string of the molecule is CCOC(=O)COCCOCCC(F)(F)CCOc1cc(F)c([C@@H]2C3=C(C[C@@H](C)N2CC(C)(C)F)c2ccccc2C3)c(F)c1. The second kappa shape index (κ2) is 15.0. The lowest BCUT2D eigenvalue weighted by Crippen LogP contribution is -2.47. The highest BCUT2D eigenvalue weighted by molar-refractivity contribution is 5.79. The van der Waals surface area contributed by atoms with E-state index in [0.29, 0.717) is 12.8 Å². The number of rotatable bonds is 16. The van der Waals surface area contributed by atoms with E-state index in [9.17, 15) is 18.0 Å². The van der Waals surface area contributed by atoms with Crippen molar-refractivity contribution in [1.29, 1.82) is 0 Å². The van der Waals surface area contributed by atoms with Crippen molar-refractivity contribution in [1.82, 2.24) is 4.90 Å². The van der Waals surface area contributed by atoms with Gasteiger partial charge in [0, 0.05) is 43.1 Å². The monoisotopic (exact) mass is 639 g/mol. The van der Waals surface area contributed by atoms with Crippen LogP contribution in [0.15, 0.2) is 42.0 Å². The highest BCUT2D eigenvalue weighted by atomic mass is 19.3. The fourth-order valence-corrected chi connectivity index (χ4v) is 5.99. The predicted octanol–water partition coefficient (Wildman–Crippen LogP) is 7.25. The van der Waals surface area contributed by atoms with Gasteiger partial charge >= 0.3 is 5.97 Å². The van der Waals surface area contributed by atoms with Crippen LogP contribution >= 0.6 is 0 Å². The van der Waals surface area contributed by atoms with Gasteiger partial charge in [0.1, 0.15) is 29.7 Å². The van der Waals surface area contributed by atoms with Gasteiger partial charge in [-0.3, -0.25) is 4.90 Å². The van der Waals surface area contributed by atoms with Crippen LogP contribution in [0.1, 0.15) is 69.7 Å². The molecule has 1 aliphatic carbocycles. The number of carbonyl (C=O) groups is 1. The Hall–Kier alpha value is -3.02. The van der Waals surface area contributed by atoms with Crippen LogP contribution in [-0.2, 0) is 25.4 Å². The standard InChI is InChI=1S/C34H42F5NO5/c1-5-44-30(41)20-43-15-14-42-12-10-34(38,39)11-13-45-24-18-28(35)31(29(36)19-24)32-27-17-23-8-6-7-9-25(23)26(27)16-22(2)40(32)21-33(3,4)37/h6-9,18-19,22,32H,5,10-17,20-21H2,1-4H3/t22-,32+/m1/s1. The molecule has 0 spiro atoms. The number of nitrogens with zero attached hydrogens (tertiary/aromatic N) is 1. The summed E-state index contributed by atoms with van der Waals surface area (Å²) in [4.78, 5) is 13.0. The van der Waals surface area contributed by atoms with Crippen molar-refractivity contribution in [3.63, 3.8) is 0 Å². The van der Waals surface area contributed by atoms with E-state index >= 15 is 8.78 Å². The molecule has 0 unspecified atom stereocenters. The summed E-state index contributed by atoms with van der Waals surface area (Å²) in [6, 6.07) is 8.85. The summed E-state index contributed by atoms with van der Waals surface area (Å²) in [7, 11) is 0. The summed E-state index contributed by atoms with van der Waals surface area (Å²) in [6.07, 6.45) is -0.139. The molecule has 1 aliphatic heterocycles. The van der Waals surface area contributed by atoms with Gasteiger partial charge in [-0.2, -0.15) is 0 Å². The number of fused-ring (bicyclic) bond motifs is 2. The van der Waals surface area contributed by atoms with E-state index in [2.05, 4.69) is 0 Å². The molecule has 0 amide bonds. The Kier molecular flexibility index (Phi) is 11.7. The maximum Gasteiger partial charge on any atom is 0.332 e. The molecule has 4 rings (SSSR count). The summed E-state index contributed by atoms with van der Waals surface area (Å²) >= 11 is 0. The van der Waals surface area contributed by atoms with E-state index in [1.807, 2.05) is 36.1 Å². The number of carbonyl (C=O) groups excluding carboxylic acids is 1. The molecule has 45 heavy (non-hydrogen) atoms. The molecule has 2 aromatic carbocycles. The summed E-state index contributed by atoms with van der Waals surface area (Å²) in [5, 5.41) is 0. The molecule has 0 saturated carbocycles. The van der Waals surface area contributed by atoms with Gasteiger partial charge in [-0.1, -0.05) is 24.3 Å². The van der Waals surface area contributed by atoms with Crippen LogP contribution in [-0.4, -0.2) is 74.7 Å². The van der Waals surface area contributed by atoms with Gasteiger partial charge in [-0.05, 0) is 62.8 Å². The number of ether oxygens (including phenoxy) is 4. The molecule has 0 radical (unpaired) electrons. The minimum atomic E-state index is -3.14. The minimum absolute atomic E-state index is 0.0253. The van der Waals surface area contributed by atoms with E-state index in [1.165, 1.54) is 13.8 Å². The van der Waals surface area contributed by atoms with Crippen LogP contribution in [0.5, 0.6) is 5.75 Å². The molecule has 2 aliphatic rings. The third kappa shape index (κ3) is 9.26. The largest absolute Gasteiger partial charge is 0.493 e. The molecule has 0 bridgehead atoms. The Labute approximate surface area is 261 Å². The number of benzene rings is 2. The van der Waals surface area contributed by atoms with Gasteiger partial charge in [-0.15, -0.1) is 0 Å². The molecular weight excluding hydrogens is 597 g/mol. The third-order valence-electron chi connectivity index (χ3n) is 7.97. The zero-order chi connectivity index (χ0) is 32.8. The van der Waals surface area contributed by atoms with Crippen molar-refractivity contribution in [2.75, 3.05) is 46.2 Å². The van der Waals surface area contributed by atoms with Crippen LogP contribution in [0.2, 0.25) is 0 Å². The average Bonchev–Trinajstić information content (AvgIpc) is 3.31. The van der Waals surface area contributed by atoms with E-state index in [1.54, 1.807) is 6.92 Å². The van der Waals surface area contributed by atoms with Crippen molar-refractivity contribution in [3.05, 3.63) is 70.3 Å². The van der Waals surface area contributed by atoms with E-state index in [0.717, 1.165) is 34.4 Å². The van der Waals surface area contributed by atoms with Crippen LogP contribution in [0, 0.1) is 11.6 Å². The Bertz CT molecular complexity index is 1340. The molecule has 2 atom stereocenters. The Balaban J connectivity index is 1.38. The second-order valence-corrected chi connectivity index (χ2v) is 12.2. The molecule has 0 saturated heterocycles. The van der Waals surface area contributed by atoms with E-state index in [-0.39, 0.29) is 56.9 Å². The van der Waals surface area contributed by atoms with Crippen molar-refractivity contribution < 1.29 is 45.7 Å². The average molecular weight is 640 g/mol. The maximum atomic E-state index is 15.8. The first-order valence-corrected chi connectivity index (χ1v) is 15.3. The van der Waals surface area contributed by atoms with Crippen molar-refractivity contribution in [2.24, 2.45) is 0 Å². The Morgan fingerprint density at radius 2 is 1.64 bits per heavy atom. The third-order valence-corrected chi connectivity index (χ3v) is 7.97.